The first-order chi connectivity index (χ1) is 18.8. The summed E-state index contributed by atoms with van der Waals surface area (Å²) in [7, 11) is 0. The molecule has 3 unspecified atom stereocenters. The molecule has 1 fully saturated rings. The number of hydrogen-bond donors (Lipinski definition) is 2. The molecule has 2 aliphatic heterocycles. The molecule has 3 nitrogen and oxygen atoms in total. The normalized spacial score (nSPS) is 20.1. The molecule has 0 amide bonds. The van der Waals surface area contributed by atoms with Gasteiger partial charge in [0.25, 0.3) is 0 Å². The van der Waals surface area contributed by atoms with E-state index in [0.717, 1.165) is 0 Å². The van der Waals surface area contributed by atoms with Crippen molar-refractivity contribution in [2.45, 2.75) is 18.5 Å². The van der Waals surface area contributed by atoms with E-state index in [-0.39, 0.29) is 18.5 Å². The van der Waals surface area contributed by atoms with Crippen LogP contribution >= 0.6 is 0 Å². The van der Waals surface area contributed by atoms with Crippen molar-refractivity contribution in [2.24, 2.45) is 0 Å². The summed E-state index contributed by atoms with van der Waals surface area (Å²) < 4.78 is 0. The maximum atomic E-state index is 5.26. The number of rotatable bonds is 1. The predicted octanol–water partition coefficient (Wildman–Crippen LogP) is 8.60. The summed E-state index contributed by atoms with van der Waals surface area (Å²) >= 11 is 0. The van der Waals surface area contributed by atoms with E-state index >= 15 is 0 Å². The lowest BCUT2D eigenvalue weighted by Crippen LogP contribution is -2.44. The third-order valence-corrected chi connectivity index (χ3v) is 8.00. The van der Waals surface area contributed by atoms with Gasteiger partial charge in [-0.3, -0.25) is 0 Å². The van der Waals surface area contributed by atoms with Crippen molar-refractivity contribution in [1.29, 1.82) is 0 Å². The van der Waals surface area contributed by atoms with Gasteiger partial charge < -0.3 is 16.0 Å². The van der Waals surface area contributed by atoms with Gasteiger partial charge in [-0.25, -0.2) is 0 Å². The van der Waals surface area contributed by atoms with Crippen molar-refractivity contribution >= 4 is 21.5 Å². The van der Waals surface area contributed by atoms with Crippen molar-refractivity contribution < 1.29 is 0 Å². The van der Waals surface area contributed by atoms with Crippen molar-refractivity contribution in [3.63, 3.8) is 0 Å². The summed E-state index contributed by atoms with van der Waals surface area (Å²) in [6.45, 7) is 0. The van der Waals surface area contributed by atoms with Gasteiger partial charge in [-0.15, -0.1) is 0 Å². The summed E-state index contributed by atoms with van der Waals surface area (Å²) in [5, 5.41) is 18.0. The molecule has 0 radical (unpaired) electrons. The number of hydrogen-bond acceptors (Lipinski definition) is 2. The van der Waals surface area contributed by atoms with Gasteiger partial charge in [0.15, 0.2) is 0 Å². The Hall–Kier alpha value is -4.28. The second-order valence-corrected chi connectivity index (χ2v) is 10.3. The highest BCUT2D eigenvalue weighted by molar-refractivity contribution is 6.10. The molecule has 0 aromatic heterocycles. The van der Waals surface area contributed by atoms with Gasteiger partial charge in [0.1, 0.15) is 0 Å². The Morgan fingerprint density at radius 2 is 1.11 bits per heavy atom. The van der Waals surface area contributed by atoms with E-state index < -0.39 is 0 Å². The molecule has 6 aromatic carbocycles. The molecule has 8 rings (SSSR count). The molecule has 2 aliphatic rings. The van der Waals surface area contributed by atoms with E-state index in [1.807, 2.05) is 0 Å². The number of nitrogens with one attached hydrogen (secondary N) is 2. The van der Waals surface area contributed by atoms with Crippen molar-refractivity contribution in [3.05, 3.63) is 149 Å². The van der Waals surface area contributed by atoms with Crippen LogP contribution < -0.4 is 10.6 Å². The van der Waals surface area contributed by atoms with Crippen LogP contribution in [0.15, 0.2) is 127 Å². The fourth-order valence-corrected chi connectivity index (χ4v) is 6.10. The quantitative estimate of drug-likeness (QED) is 0.227. The molecule has 2 N–H and O–H groups in total. The fraction of sp³-hybridized carbons (Fsp3) is 0.0857. The van der Waals surface area contributed by atoms with Gasteiger partial charge >= 0.3 is 0 Å². The third kappa shape index (κ3) is 3.56. The molecule has 8 bridgehead atoms. The topological polar surface area (TPSA) is 38.2 Å². The van der Waals surface area contributed by atoms with E-state index in [4.69, 9.17) is 5.32 Å². The van der Waals surface area contributed by atoms with E-state index in [0.29, 0.717) is 0 Å². The van der Waals surface area contributed by atoms with Crippen LogP contribution in [0.2, 0.25) is 0 Å². The predicted molar refractivity (Wildman–Crippen MR) is 157 cm³/mol. The molecule has 1 saturated heterocycles. The molecule has 0 saturated carbocycles. The average Bonchev–Trinajstić information content (AvgIpc) is 3.00. The van der Waals surface area contributed by atoms with Gasteiger partial charge in [0.05, 0.1) is 6.17 Å². The lowest BCUT2D eigenvalue weighted by molar-refractivity contribution is 0.318. The van der Waals surface area contributed by atoms with Gasteiger partial charge in [-0.1, -0.05) is 139 Å². The zero-order valence-corrected chi connectivity index (χ0v) is 20.8. The lowest BCUT2D eigenvalue weighted by Gasteiger charge is -2.50. The Labute approximate surface area is 222 Å². The highest BCUT2D eigenvalue weighted by Gasteiger charge is 2.24. The minimum absolute atomic E-state index is 0.0786. The van der Waals surface area contributed by atoms with Gasteiger partial charge in [0, 0.05) is 0 Å². The highest BCUT2D eigenvalue weighted by Crippen LogP contribution is 2.41. The average molecular weight is 489 g/mol. The maximum Gasteiger partial charge on any atom is 0.0821 e. The molecular formula is C35H26N3-. The monoisotopic (exact) mass is 488 g/mol. The number of nitrogens with zero attached hydrogens (tertiary/aromatic N) is 1. The Morgan fingerprint density at radius 3 is 1.95 bits per heavy atom. The second-order valence-electron chi connectivity index (χ2n) is 10.3. The molecule has 182 valence electrons. The van der Waals surface area contributed by atoms with E-state index in [9.17, 15) is 0 Å². The zero-order valence-electron chi connectivity index (χ0n) is 20.8. The molecule has 6 aromatic rings. The van der Waals surface area contributed by atoms with Crippen LogP contribution in [0.3, 0.4) is 0 Å². The fourth-order valence-electron chi connectivity index (χ4n) is 6.10. The van der Waals surface area contributed by atoms with Crippen LogP contribution in [0.5, 0.6) is 0 Å². The van der Waals surface area contributed by atoms with E-state index in [2.05, 4.69) is 138 Å². The second kappa shape index (κ2) is 8.64. The van der Waals surface area contributed by atoms with Crippen molar-refractivity contribution in [3.8, 4) is 22.3 Å². The van der Waals surface area contributed by atoms with Crippen LogP contribution in [0.4, 0.5) is 0 Å². The number of fused-ring (bicyclic) bond motifs is 11. The first-order valence-electron chi connectivity index (χ1n) is 13.2. The minimum atomic E-state index is -0.154. The van der Waals surface area contributed by atoms with Crippen LogP contribution in [0, 0.1) is 0 Å². The SMILES string of the molecule is c1ccc(C2[N-]C3NC(N2)c2cccc4ccc5ccc(cc5c24)-c2cccc(c2)-c2cccc3c2)cc1. The van der Waals surface area contributed by atoms with E-state index in [1.54, 1.807) is 0 Å². The summed E-state index contributed by atoms with van der Waals surface area (Å²) in [6, 6.07) is 46.2. The van der Waals surface area contributed by atoms with Crippen LogP contribution in [-0.2, 0) is 0 Å². The molecule has 2 heterocycles. The largest absolute Gasteiger partial charge is 0.624 e. The van der Waals surface area contributed by atoms with Gasteiger partial charge in [-0.2, -0.15) is 0 Å². The highest BCUT2D eigenvalue weighted by atomic mass is 15.4. The van der Waals surface area contributed by atoms with Crippen molar-refractivity contribution in [2.75, 3.05) is 0 Å². The summed E-state index contributed by atoms with van der Waals surface area (Å²) in [4.78, 5) is 0. The summed E-state index contributed by atoms with van der Waals surface area (Å²) in [5.74, 6) is 0. The van der Waals surface area contributed by atoms with Gasteiger partial charge in [0.2, 0.25) is 0 Å². The smallest absolute Gasteiger partial charge is 0.0821 e. The van der Waals surface area contributed by atoms with E-state index in [1.165, 1.54) is 60.5 Å². The Morgan fingerprint density at radius 1 is 0.474 bits per heavy atom. The van der Waals surface area contributed by atoms with Crippen LogP contribution in [0.25, 0.3) is 49.1 Å². The Balaban J connectivity index is 1.43. The standard InChI is InChI=1S/C35H26N3/c1-2-7-24(8-3-1)33-36-34-29-13-5-12-27(20-29)25-10-4-11-26(19-25)28-18-16-22-15-17-23-9-6-14-30(35(37-33)38-34)32(23)31(22)21-28/h1-21,33-35,37-38H/q-1. The molecule has 3 heteroatoms. The first kappa shape index (κ1) is 21.8. The Kier molecular flexibility index (Phi) is 4.95. The zero-order chi connectivity index (χ0) is 25.1. The minimum Gasteiger partial charge on any atom is -0.624 e. The van der Waals surface area contributed by atoms with Crippen LogP contribution in [-0.4, -0.2) is 0 Å². The maximum absolute atomic E-state index is 5.26. The van der Waals surface area contributed by atoms with Crippen molar-refractivity contribution in [1.82, 2.24) is 10.6 Å². The van der Waals surface area contributed by atoms with Gasteiger partial charge in [-0.05, 0) is 61.5 Å². The molecular weight excluding hydrogens is 462 g/mol. The first-order valence-corrected chi connectivity index (χ1v) is 13.2. The molecule has 3 atom stereocenters. The molecule has 0 spiro atoms. The summed E-state index contributed by atoms with van der Waals surface area (Å²) in [6.07, 6.45) is -0.364. The van der Waals surface area contributed by atoms with Crippen LogP contribution in [0.1, 0.15) is 35.2 Å². The number of benzene rings is 6. The molecule has 38 heavy (non-hydrogen) atoms. The Bertz CT molecular complexity index is 1820. The summed E-state index contributed by atoms with van der Waals surface area (Å²) in [5.41, 5.74) is 8.45. The lowest BCUT2D eigenvalue weighted by atomic mass is 9.91. The molecule has 0 aliphatic carbocycles. The third-order valence-electron chi connectivity index (χ3n) is 8.00.